The van der Waals surface area contributed by atoms with Crippen molar-refractivity contribution < 1.29 is 14.3 Å². The number of hydrogen-bond acceptors (Lipinski definition) is 3. The lowest BCUT2D eigenvalue weighted by atomic mass is 10.1. The van der Waals surface area contributed by atoms with Gasteiger partial charge in [-0.05, 0) is 37.5 Å². The zero-order valence-corrected chi connectivity index (χ0v) is 15.3. The molecular weight excluding hydrogens is 368 g/mol. The molecule has 0 amide bonds. The Morgan fingerprint density at radius 1 is 1.12 bits per heavy atom. The zero-order valence-electron chi connectivity index (χ0n) is 13.7. The number of esters is 1. The van der Waals surface area contributed by atoms with Crippen molar-refractivity contribution in [2.24, 2.45) is 5.92 Å². The van der Waals surface area contributed by atoms with Crippen LogP contribution in [0.15, 0.2) is 59.1 Å². The predicted octanol–water partition coefficient (Wildman–Crippen LogP) is 5.09. The maximum absolute atomic E-state index is 12.4. The van der Waals surface area contributed by atoms with Gasteiger partial charge in [-0.25, -0.2) is 0 Å². The molecule has 0 bridgehead atoms. The van der Waals surface area contributed by atoms with Crippen LogP contribution < -0.4 is 4.74 Å². The molecule has 126 valence electrons. The molecule has 2 aromatic rings. The molecular formula is C20H21BrO3. The van der Waals surface area contributed by atoms with Gasteiger partial charge in [-0.1, -0.05) is 59.3 Å². The van der Waals surface area contributed by atoms with Crippen molar-refractivity contribution in [3.63, 3.8) is 0 Å². The fraction of sp³-hybridized carbons (Fsp3) is 0.350. The van der Waals surface area contributed by atoms with E-state index in [1.54, 1.807) is 0 Å². The van der Waals surface area contributed by atoms with Crippen LogP contribution in [0.3, 0.4) is 0 Å². The Kier molecular flexibility index (Phi) is 5.24. The van der Waals surface area contributed by atoms with E-state index in [1.165, 1.54) is 0 Å². The first kappa shape index (κ1) is 17.0. The maximum atomic E-state index is 12.4. The second kappa shape index (κ2) is 7.39. The van der Waals surface area contributed by atoms with Crippen LogP contribution in [0, 0.1) is 5.92 Å². The standard InChI is InChI=1S/C20H21BrO3/c1-15(11-14-23-16-7-3-2-4-8-16)19(22)24-20(12-13-20)17-9-5-6-10-18(17)21/h2-10,15H,11-14H2,1H3. The Bertz CT molecular complexity index is 695. The number of ether oxygens (including phenoxy) is 2. The highest BCUT2D eigenvalue weighted by Gasteiger charge is 2.50. The van der Waals surface area contributed by atoms with E-state index in [4.69, 9.17) is 9.47 Å². The minimum absolute atomic E-state index is 0.153. The van der Waals surface area contributed by atoms with Gasteiger partial charge in [-0.2, -0.15) is 0 Å². The van der Waals surface area contributed by atoms with Crippen LogP contribution in [0.2, 0.25) is 0 Å². The molecule has 2 aromatic carbocycles. The Labute approximate surface area is 151 Å². The summed E-state index contributed by atoms with van der Waals surface area (Å²) >= 11 is 3.56. The highest BCUT2D eigenvalue weighted by molar-refractivity contribution is 9.10. The van der Waals surface area contributed by atoms with Crippen molar-refractivity contribution in [3.05, 3.63) is 64.6 Å². The molecule has 1 saturated carbocycles. The molecule has 1 fully saturated rings. The summed E-state index contributed by atoms with van der Waals surface area (Å²) in [6, 6.07) is 17.6. The lowest BCUT2D eigenvalue weighted by Gasteiger charge is -2.21. The topological polar surface area (TPSA) is 35.5 Å². The van der Waals surface area contributed by atoms with Gasteiger partial charge in [0.15, 0.2) is 0 Å². The zero-order chi connectivity index (χ0) is 17.0. The molecule has 4 heteroatoms. The second-order valence-electron chi connectivity index (χ2n) is 6.25. The molecule has 0 N–H and O–H groups in total. The first-order chi connectivity index (χ1) is 11.6. The quantitative estimate of drug-likeness (QED) is 0.619. The first-order valence-electron chi connectivity index (χ1n) is 8.26. The number of hydrogen-bond donors (Lipinski definition) is 0. The Morgan fingerprint density at radius 3 is 2.46 bits per heavy atom. The second-order valence-corrected chi connectivity index (χ2v) is 7.10. The summed E-state index contributed by atoms with van der Waals surface area (Å²) in [7, 11) is 0. The third-order valence-corrected chi connectivity index (χ3v) is 5.02. The van der Waals surface area contributed by atoms with E-state index in [2.05, 4.69) is 15.9 Å². The molecule has 24 heavy (non-hydrogen) atoms. The van der Waals surface area contributed by atoms with Crippen LogP contribution >= 0.6 is 15.9 Å². The fourth-order valence-corrected chi connectivity index (χ4v) is 3.30. The van der Waals surface area contributed by atoms with E-state index < -0.39 is 5.60 Å². The summed E-state index contributed by atoms with van der Waals surface area (Å²) < 4.78 is 12.5. The summed E-state index contributed by atoms with van der Waals surface area (Å²) in [5.74, 6) is 0.485. The van der Waals surface area contributed by atoms with E-state index in [0.717, 1.165) is 28.6 Å². The lowest BCUT2D eigenvalue weighted by Crippen LogP contribution is -2.24. The molecule has 0 aromatic heterocycles. The normalized spacial score (nSPS) is 16.2. The largest absolute Gasteiger partial charge is 0.494 e. The maximum Gasteiger partial charge on any atom is 0.309 e. The molecule has 1 aliphatic carbocycles. The van der Waals surface area contributed by atoms with Gasteiger partial charge in [0.2, 0.25) is 0 Å². The fourth-order valence-electron chi connectivity index (χ4n) is 2.65. The smallest absolute Gasteiger partial charge is 0.309 e. The van der Waals surface area contributed by atoms with Gasteiger partial charge in [0, 0.05) is 10.0 Å². The van der Waals surface area contributed by atoms with Crippen LogP contribution in [0.5, 0.6) is 5.75 Å². The highest BCUT2D eigenvalue weighted by atomic mass is 79.9. The van der Waals surface area contributed by atoms with Crippen LogP contribution in [0.4, 0.5) is 0 Å². The van der Waals surface area contributed by atoms with Crippen LogP contribution in [0.25, 0.3) is 0 Å². The minimum atomic E-state index is -0.439. The minimum Gasteiger partial charge on any atom is -0.494 e. The van der Waals surface area contributed by atoms with E-state index in [0.29, 0.717) is 13.0 Å². The molecule has 0 radical (unpaired) electrons. The summed E-state index contributed by atoms with van der Waals surface area (Å²) in [6.07, 6.45) is 2.41. The molecule has 0 heterocycles. The van der Waals surface area contributed by atoms with Crippen LogP contribution in [-0.2, 0) is 15.1 Å². The third-order valence-electron chi connectivity index (χ3n) is 4.33. The molecule has 0 spiro atoms. The molecule has 1 unspecified atom stereocenters. The van der Waals surface area contributed by atoms with Crippen molar-refractivity contribution in [2.75, 3.05) is 6.61 Å². The number of carbonyl (C=O) groups is 1. The molecule has 3 nitrogen and oxygen atoms in total. The molecule has 1 atom stereocenters. The summed E-state index contributed by atoms with van der Waals surface area (Å²) in [5, 5.41) is 0. The average molecular weight is 389 g/mol. The van der Waals surface area contributed by atoms with Crippen molar-refractivity contribution in [1.29, 1.82) is 0 Å². The predicted molar refractivity (Wildman–Crippen MR) is 96.9 cm³/mol. The van der Waals surface area contributed by atoms with Gasteiger partial charge in [0.05, 0.1) is 12.5 Å². The van der Waals surface area contributed by atoms with Crippen molar-refractivity contribution in [3.8, 4) is 5.75 Å². The van der Waals surface area contributed by atoms with E-state index in [9.17, 15) is 4.79 Å². The van der Waals surface area contributed by atoms with Gasteiger partial charge in [0.1, 0.15) is 11.4 Å². The van der Waals surface area contributed by atoms with Gasteiger partial charge >= 0.3 is 5.97 Å². The van der Waals surface area contributed by atoms with Gasteiger partial charge in [0.25, 0.3) is 0 Å². The highest BCUT2D eigenvalue weighted by Crippen LogP contribution is 2.51. The van der Waals surface area contributed by atoms with E-state index >= 15 is 0 Å². The summed E-state index contributed by atoms with van der Waals surface area (Å²) in [6.45, 7) is 2.40. The third kappa shape index (κ3) is 3.99. The molecule has 0 saturated heterocycles. The Hall–Kier alpha value is -1.81. The summed E-state index contributed by atoms with van der Waals surface area (Å²) in [4.78, 5) is 12.4. The Morgan fingerprint density at radius 2 is 1.79 bits per heavy atom. The monoisotopic (exact) mass is 388 g/mol. The van der Waals surface area contributed by atoms with Gasteiger partial charge in [-0.3, -0.25) is 4.79 Å². The number of rotatable bonds is 7. The lowest BCUT2D eigenvalue weighted by molar-refractivity contribution is -0.156. The number of para-hydroxylation sites is 1. The molecule has 0 aliphatic heterocycles. The summed E-state index contributed by atoms with van der Waals surface area (Å²) in [5.41, 5.74) is 0.622. The van der Waals surface area contributed by atoms with Crippen molar-refractivity contribution >= 4 is 21.9 Å². The molecule has 1 aliphatic rings. The van der Waals surface area contributed by atoms with Crippen molar-refractivity contribution in [2.45, 2.75) is 31.8 Å². The number of benzene rings is 2. The number of carbonyl (C=O) groups excluding carboxylic acids is 1. The van der Waals surface area contributed by atoms with Gasteiger partial charge < -0.3 is 9.47 Å². The van der Waals surface area contributed by atoms with Crippen LogP contribution in [0.1, 0.15) is 31.7 Å². The van der Waals surface area contributed by atoms with Gasteiger partial charge in [-0.15, -0.1) is 0 Å². The Balaban J connectivity index is 1.52. The molecule has 3 rings (SSSR count). The SMILES string of the molecule is CC(CCOc1ccccc1)C(=O)OC1(c2ccccc2Br)CC1. The van der Waals surface area contributed by atoms with Crippen LogP contribution in [-0.4, -0.2) is 12.6 Å². The van der Waals surface area contributed by atoms with E-state index in [-0.39, 0.29) is 11.9 Å². The van der Waals surface area contributed by atoms with Crippen molar-refractivity contribution in [1.82, 2.24) is 0 Å². The average Bonchev–Trinajstić information content (AvgIpc) is 3.36. The van der Waals surface area contributed by atoms with E-state index in [1.807, 2.05) is 61.5 Å². The number of halogens is 1. The first-order valence-corrected chi connectivity index (χ1v) is 9.06.